The smallest absolute Gasteiger partial charge is 0.331 e. The van der Waals surface area contributed by atoms with Gasteiger partial charge in [0.15, 0.2) is 6.61 Å². The first-order chi connectivity index (χ1) is 11.7. The van der Waals surface area contributed by atoms with Crippen LogP contribution in [0.2, 0.25) is 0 Å². The molecule has 2 aromatic carbocycles. The summed E-state index contributed by atoms with van der Waals surface area (Å²) in [6.45, 7) is 0.416. The molecule has 0 N–H and O–H groups in total. The van der Waals surface area contributed by atoms with Crippen LogP contribution in [0.5, 0.6) is 0 Å². The molecule has 0 atom stereocenters. The molecule has 4 nitrogen and oxygen atoms in total. The Morgan fingerprint density at radius 2 is 1.79 bits per heavy atom. The van der Waals surface area contributed by atoms with Gasteiger partial charge >= 0.3 is 5.97 Å². The lowest BCUT2D eigenvalue weighted by atomic mass is 10.0. The number of hydrogen-bond donors (Lipinski definition) is 0. The third-order valence-corrected chi connectivity index (χ3v) is 3.96. The zero-order valence-electron chi connectivity index (χ0n) is 13.4. The largest absolute Gasteiger partial charge is 0.452 e. The number of benzene rings is 2. The van der Waals surface area contributed by atoms with Gasteiger partial charge in [0, 0.05) is 18.3 Å². The highest BCUT2D eigenvalue weighted by atomic mass is 16.5. The van der Waals surface area contributed by atoms with Crippen molar-refractivity contribution in [3.8, 4) is 0 Å². The Balaban J connectivity index is 1.56. The summed E-state index contributed by atoms with van der Waals surface area (Å²) in [4.78, 5) is 25.8. The van der Waals surface area contributed by atoms with Crippen molar-refractivity contribution in [1.82, 2.24) is 0 Å². The lowest BCUT2D eigenvalue weighted by Crippen LogP contribution is -2.38. The molecule has 24 heavy (non-hydrogen) atoms. The Labute approximate surface area is 141 Å². The molecule has 0 aliphatic carbocycles. The van der Waals surface area contributed by atoms with E-state index in [2.05, 4.69) is 0 Å². The number of nitrogens with zero attached hydrogens (tertiary/aromatic N) is 1. The highest BCUT2D eigenvalue weighted by Crippen LogP contribution is 2.26. The van der Waals surface area contributed by atoms with Gasteiger partial charge in [-0.2, -0.15) is 0 Å². The normalized spacial score (nSPS) is 13.6. The number of aryl methyl sites for hydroxylation is 1. The van der Waals surface area contributed by atoms with Crippen LogP contribution < -0.4 is 4.90 Å². The van der Waals surface area contributed by atoms with Gasteiger partial charge < -0.3 is 9.64 Å². The fourth-order valence-corrected chi connectivity index (χ4v) is 2.78. The maximum atomic E-state index is 12.4. The quantitative estimate of drug-likeness (QED) is 0.641. The molecular weight excluding hydrogens is 302 g/mol. The number of ether oxygens (including phenoxy) is 1. The summed E-state index contributed by atoms with van der Waals surface area (Å²) in [6.07, 6.45) is 4.90. The van der Waals surface area contributed by atoms with Crippen molar-refractivity contribution in [2.45, 2.75) is 12.8 Å². The maximum absolute atomic E-state index is 12.4. The van der Waals surface area contributed by atoms with Crippen LogP contribution >= 0.6 is 0 Å². The van der Waals surface area contributed by atoms with Crippen LogP contribution in [-0.2, 0) is 20.7 Å². The second-order valence-corrected chi connectivity index (χ2v) is 5.63. The third kappa shape index (κ3) is 3.90. The Hall–Kier alpha value is -2.88. The minimum Gasteiger partial charge on any atom is -0.452 e. The lowest BCUT2D eigenvalue weighted by Gasteiger charge is -2.29. The summed E-state index contributed by atoms with van der Waals surface area (Å²) in [5.74, 6) is -0.707. The molecule has 0 saturated heterocycles. The van der Waals surface area contributed by atoms with E-state index in [9.17, 15) is 9.59 Å². The van der Waals surface area contributed by atoms with Crippen molar-refractivity contribution in [1.29, 1.82) is 0 Å². The first-order valence-corrected chi connectivity index (χ1v) is 8.02. The molecule has 0 spiro atoms. The predicted molar refractivity (Wildman–Crippen MR) is 93.6 cm³/mol. The molecule has 1 heterocycles. The molecule has 1 aliphatic heterocycles. The molecule has 0 unspecified atom stereocenters. The summed E-state index contributed by atoms with van der Waals surface area (Å²) in [6, 6.07) is 17.3. The highest BCUT2D eigenvalue weighted by molar-refractivity contribution is 5.97. The van der Waals surface area contributed by atoms with Gasteiger partial charge in [0.25, 0.3) is 5.91 Å². The average molecular weight is 321 g/mol. The van der Waals surface area contributed by atoms with Crippen molar-refractivity contribution in [3.63, 3.8) is 0 Å². The molecule has 1 amide bonds. The molecular formula is C20H19NO3. The van der Waals surface area contributed by atoms with Gasteiger partial charge in [-0.05, 0) is 36.1 Å². The van der Waals surface area contributed by atoms with E-state index in [1.807, 2.05) is 54.6 Å². The van der Waals surface area contributed by atoms with Gasteiger partial charge in [0.2, 0.25) is 0 Å². The molecule has 0 bridgehead atoms. The Kier molecular flexibility index (Phi) is 5.06. The van der Waals surface area contributed by atoms with Crippen LogP contribution in [0.4, 0.5) is 5.69 Å². The number of para-hydroxylation sites is 1. The monoisotopic (exact) mass is 321 g/mol. The zero-order chi connectivity index (χ0) is 16.8. The van der Waals surface area contributed by atoms with E-state index in [-0.39, 0.29) is 12.5 Å². The van der Waals surface area contributed by atoms with E-state index in [1.54, 1.807) is 11.0 Å². The highest BCUT2D eigenvalue weighted by Gasteiger charge is 2.22. The molecule has 4 heteroatoms. The lowest BCUT2D eigenvalue weighted by molar-refractivity contribution is -0.142. The van der Waals surface area contributed by atoms with Gasteiger partial charge in [-0.1, -0.05) is 48.5 Å². The fourth-order valence-electron chi connectivity index (χ4n) is 2.78. The van der Waals surface area contributed by atoms with Gasteiger partial charge in [0.05, 0.1) is 0 Å². The van der Waals surface area contributed by atoms with E-state index < -0.39 is 5.97 Å². The number of carbonyl (C=O) groups is 2. The SMILES string of the molecule is O=C(/C=C/c1ccccc1)OCC(=O)N1CCCc2ccccc21. The molecule has 0 radical (unpaired) electrons. The van der Waals surface area contributed by atoms with Crippen molar-refractivity contribution >= 4 is 23.6 Å². The second kappa shape index (κ2) is 7.59. The fraction of sp³-hybridized carbons (Fsp3) is 0.200. The number of hydrogen-bond acceptors (Lipinski definition) is 3. The standard InChI is InChI=1S/C20H19NO3/c22-19(21-14-6-10-17-9-4-5-11-18(17)21)15-24-20(23)13-12-16-7-2-1-3-8-16/h1-5,7-9,11-13H,6,10,14-15H2/b13-12+. The Morgan fingerprint density at radius 3 is 2.62 bits per heavy atom. The van der Waals surface area contributed by atoms with Crippen LogP contribution in [-0.4, -0.2) is 25.0 Å². The number of amides is 1. The van der Waals surface area contributed by atoms with Crippen molar-refractivity contribution < 1.29 is 14.3 Å². The number of anilines is 1. The van der Waals surface area contributed by atoms with E-state index in [1.165, 1.54) is 6.08 Å². The van der Waals surface area contributed by atoms with Crippen molar-refractivity contribution in [2.24, 2.45) is 0 Å². The van der Waals surface area contributed by atoms with Gasteiger partial charge in [-0.15, -0.1) is 0 Å². The topological polar surface area (TPSA) is 46.6 Å². The summed E-state index contributed by atoms with van der Waals surface area (Å²) in [5.41, 5.74) is 2.99. The van der Waals surface area contributed by atoms with Gasteiger partial charge in [0.1, 0.15) is 0 Å². The Morgan fingerprint density at radius 1 is 1.04 bits per heavy atom. The summed E-state index contributed by atoms with van der Waals surface area (Å²) in [7, 11) is 0. The summed E-state index contributed by atoms with van der Waals surface area (Å²) in [5, 5.41) is 0. The van der Waals surface area contributed by atoms with E-state index in [0.29, 0.717) is 6.54 Å². The van der Waals surface area contributed by atoms with Crippen LogP contribution in [0.15, 0.2) is 60.7 Å². The maximum Gasteiger partial charge on any atom is 0.331 e. The molecule has 0 aromatic heterocycles. The minimum atomic E-state index is -0.516. The van der Waals surface area contributed by atoms with E-state index >= 15 is 0 Å². The second-order valence-electron chi connectivity index (χ2n) is 5.63. The first kappa shape index (κ1) is 16.0. The van der Waals surface area contributed by atoms with Crippen LogP contribution in [0.25, 0.3) is 6.08 Å². The van der Waals surface area contributed by atoms with Crippen LogP contribution in [0.1, 0.15) is 17.5 Å². The predicted octanol–water partition coefficient (Wildman–Crippen LogP) is 3.22. The van der Waals surface area contributed by atoms with E-state index in [4.69, 9.17) is 4.74 Å². The summed E-state index contributed by atoms with van der Waals surface area (Å²) < 4.78 is 5.08. The minimum absolute atomic E-state index is 0.191. The number of carbonyl (C=O) groups excluding carboxylic acids is 2. The van der Waals surface area contributed by atoms with E-state index in [0.717, 1.165) is 29.7 Å². The van der Waals surface area contributed by atoms with Crippen molar-refractivity contribution in [3.05, 3.63) is 71.8 Å². The van der Waals surface area contributed by atoms with Crippen LogP contribution in [0.3, 0.4) is 0 Å². The number of esters is 1. The number of fused-ring (bicyclic) bond motifs is 1. The third-order valence-electron chi connectivity index (χ3n) is 3.96. The molecule has 0 saturated carbocycles. The van der Waals surface area contributed by atoms with Gasteiger partial charge in [-0.3, -0.25) is 4.79 Å². The molecule has 3 rings (SSSR count). The summed E-state index contributed by atoms with van der Waals surface area (Å²) >= 11 is 0. The first-order valence-electron chi connectivity index (χ1n) is 8.02. The number of rotatable bonds is 4. The average Bonchev–Trinajstić information content (AvgIpc) is 2.64. The zero-order valence-corrected chi connectivity index (χ0v) is 13.4. The molecule has 122 valence electrons. The van der Waals surface area contributed by atoms with Gasteiger partial charge in [-0.25, -0.2) is 4.79 Å². The Bertz CT molecular complexity index is 752. The molecule has 0 fully saturated rings. The molecule has 1 aliphatic rings. The van der Waals surface area contributed by atoms with Crippen molar-refractivity contribution in [2.75, 3.05) is 18.1 Å². The molecule has 2 aromatic rings. The van der Waals surface area contributed by atoms with Crippen LogP contribution in [0, 0.1) is 0 Å².